The maximum atomic E-state index is 11.7. The molecule has 1 aromatic heterocycles. The van der Waals surface area contributed by atoms with Gasteiger partial charge in [-0.05, 0) is 46.0 Å². The third-order valence-electron chi connectivity index (χ3n) is 3.08. The molecule has 0 aliphatic carbocycles. The highest BCUT2D eigenvalue weighted by Crippen LogP contribution is 2.01. The summed E-state index contributed by atoms with van der Waals surface area (Å²) < 4.78 is 0. The molecule has 5 heteroatoms. The number of hydrogen-bond donors (Lipinski definition) is 2. The fourth-order valence-electron chi connectivity index (χ4n) is 1.58. The molecule has 0 radical (unpaired) electrons. The zero-order valence-corrected chi connectivity index (χ0v) is 12.0. The van der Waals surface area contributed by atoms with Crippen LogP contribution < -0.4 is 11.1 Å². The number of aromatic nitrogens is 1. The predicted molar refractivity (Wildman–Crippen MR) is 77.7 cm³/mol. The second kappa shape index (κ2) is 7.74. The molecule has 1 rings (SSSR count). The minimum Gasteiger partial charge on any atom is -0.397 e. The van der Waals surface area contributed by atoms with Gasteiger partial charge in [-0.2, -0.15) is 0 Å². The summed E-state index contributed by atoms with van der Waals surface area (Å²) in [6.45, 7) is 6.00. The van der Waals surface area contributed by atoms with Crippen molar-refractivity contribution in [1.29, 1.82) is 0 Å². The molecule has 5 nitrogen and oxygen atoms in total. The van der Waals surface area contributed by atoms with Crippen LogP contribution >= 0.6 is 0 Å². The molecule has 0 unspecified atom stereocenters. The molecule has 0 bridgehead atoms. The Morgan fingerprint density at radius 2 is 2.21 bits per heavy atom. The minimum atomic E-state index is 0.00414. The SMILES string of the molecule is CC(C)N(C)CCCNC(=O)Cc1ccc(N)cn1. The Labute approximate surface area is 115 Å². The third-order valence-corrected chi connectivity index (χ3v) is 3.08. The van der Waals surface area contributed by atoms with Crippen LogP contribution in [0, 0.1) is 0 Å². The van der Waals surface area contributed by atoms with E-state index in [0.29, 0.717) is 24.7 Å². The van der Waals surface area contributed by atoms with Crippen molar-refractivity contribution < 1.29 is 4.79 Å². The first-order chi connectivity index (χ1) is 8.99. The number of nitrogen functional groups attached to an aromatic ring is 1. The van der Waals surface area contributed by atoms with Gasteiger partial charge < -0.3 is 16.0 Å². The second-order valence-electron chi connectivity index (χ2n) is 5.04. The van der Waals surface area contributed by atoms with Gasteiger partial charge in [0.2, 0.25) is 5.91 Å². The Balaban J connectivity index is 2.20. The predicted octanol–water partition coefficient (Wildman–Crippen LogP) is 1.05. The molecule has 0 spiro atoms. The number of nitrogens with zero attached hydrogens (tertiary/aromatic N) is 2. The van der Waals surface area contributed by atoms with Gasteiger partial charge in [-0.1, -0.05) is 0 Å². The summed E-state index contributed by atoms with van der Waals surface area (Å²) in [4.78, 5) is 18.0. The number of carbonyl (C=O) groups is 1. The molecule has 1 amide bonds. The van der Waals surface area contributed by atoms with E-state index in [1.807, 2.05) is 0 Å². The molecule has 1 heterocycles. The van der Waals surface area contributed by atoms with Gasteiger partial charge in [-0.3, -0.25) is 9.78 Å². The van der Waals surface area contributed by atoms with E-state index in [1.165, 1.54) is 0 Å². The summed E-state index contributed by atoms with van der Waals surface area (Å²) in [6, 6.07) is 4.07. The lowest BCUT2D eigenvalue weighted by atomic mass is 10.2. The average Bonchev–Trinajstić information content (AvgIpc) is 2.37. The fourth-order valence-corrected chi connectivity index (χ4v) is 1.58. The molecule has 0 saturated carbocycles. The van der Waals surface area contributed by atoms with Crippen molar-refractivity contribution in [2.45, 2.75) is 32.7 Å². The van der Waals surface area contributed by atoms with Gasteiger partial charge in [0.05, 0.1) is 18.3 Å². The molecule has 19 heavy (non-hydrogen) atoms. The van der Waals surface area contributed by atoms with E-state index >= 15 is 0 Å². The van der Waals surface area contributed by atoms with Crippen LogP contribution in [0.25, 0.3) is 0 Å². The lowest BCUT2D eigenvalue weighted by molar-refractivity contribution is -0.120. The summed E-state index contributed by atoms with van der Waals surface area (Å²) in [5.41, 5.74) is 6.89. The van der Waals surface area contributed by atoms with Crippen LogP contribution in [0.1, 0.15) is 26.0 Å². The van der Waals surface area contributed by atoms with E-state index in [9.17, 15) is 4.79 Å². The number of anilines is 1. The van der Waals surface area contributed by atoms with E-state index in [4.69, 9.17) is 5.73 Å². The summed E-state index contributed by atoms with van der Waals surface area (Å²) in [5, 5.41) is 2.90. The topological polar surface area (TPSA) is 71.2 Å². The largest absolute Gasteiger partial charge is 0.397 e. The number of pyridine rings is 1. The van der Waals surface area contributed by atoms with Gasteiger partial charge in [-0.15, -0.1) is 0 Å². The van der Waals surface area contributed by atoms with Crippen LogP contribution in [0.5, 0.6) is 0 Å². The van der Waals surface area contributed by atoms with Crippen molar-refractivity contribution in [3.05, 3.63) is 24.0 Å². The van der Waals surface area contributed by atoms with Gasteiger partial charge in [0.1, 0.15) is 0 Å². The third kappa shape index (κ3) is 6.20. The molecule has 0 aliphatic rings. The van der Waals surface area contributed by atoms with E-state index < -0.39 is 0 Å². The maximum absolute atomic E-state index is 11.7. The first-order valence-electron chi connectivity index (χ1n) is 6.66. The normalized spacial score (nSPS) is 11.0. The van der Waals surface area contributed by atoms with Gasteiger partial charge in [0.15, 0.2) is 0 Å². The van der Waals surface area contributed by atoms with Crippen LogP contribution in [0.15, 0.2) is 18.3 Å². The van der Waals surface area contributed by atoms with Crippen LogP contribution in [0.3, 0.4) is 0 Å². The van der Waals surface area contributed by atoms with E-state index in [2.05, 4.69) is 36.1 Å². The van der Waals surface area contributed by atoms with Crippen LogP contribution in [0.2, 0.25) is 0 Å². The summed E-state index contributed by atoms with van der Waals surface area (Å²) in [7, 11) is 2.09. The molecule has 106 valence electrons. The maximum Gasteiger partial charge on any atom is 0.226 e. The van der Waals surface area contributed by atoms with Gasteiger partial charge in [0.25, 0.3) is 0 Å². The number of nitrogens with two attached hydrogens (primary N) is 1. The average molecular weight is 264 g/mol. The Hall–Kier alpha value is -1.62. The van der Waals surface area contributed by atoms with Crippen molar-refractivity contribution in [1.82, 2.24) is 15.2 Å². The van der Waals surface area contributed by atoms with Gasteiger partial charge in [0, 0.05) is 18.3 Å². The van der Waals surface area contributed by atoms with Gasteiger partial charge in [-0.25, -0.2) is 0 Å². The molecule has 0 atom stereocenters. The van der Waals surface area contributed by atoms with Crippen molar-refractivity contribution in [2.75, 3.05) is 25.9 Å². The molecular formula is C14H24N4O. The monoisotopic (exact) mass is 264 g/mol. The fraction of sp³-hybridized carbons (Fsp3) is 0.571. The second-order valence-corrected chi connectivity index (χ2v) is 5.04. The minimum absolute atomic E-state index is 0.00414. The lowest BCUT2D eigenvalue weighted by Gasteiger charge is -2.20. The summed E-state index contributed by atoms with van der Waals surface area (Å²) in [5.74, 6) is 0.00414. The van der Waals surface area contributed by atoms with E-state index in [1.54, 1.807) is 18.3 Å². The lowest BCUT2D eigenvalue weighted by Crippen LogP contribution is -2.32. The van der Waals surface area contributed by atoms with Crippen molar-refractivity contribution in [2.24, 2.45) is 0 Å². The standard InChI is InChI=1S/C14H24N4O/c1-11(2)18(3)8-4-7-16-14(19)9-13-6-5-12(15)10-17-13/h5-6,10-11H,4,7-9,15H2,1-3H3,(H,16,19). The smallest absolute Gasteiger partial charge is 0.226 e. The number of rotatable bonds is 7. The highest BCUT2D eigenvalue weighted by molar-refractivity contribution is 5.78. The van der Waals surface area contributed by atoms with Crippen molar-refractivity contribution in [3.8, 4) is 0 Å². The molecular weight excluding hydrogens is 240 g/mol. The Morgan fingerprint density at radius 3 is 2.79 bits per heavy atom. The van der Waals surface area contributed by atoms with E-state index in [-0.39, 0.29) is 5.91 Å². The first kappa shape index (κ1) is 15.4. The Morgan fingerprint density at radius 1 is 1.47 bits per heavy atom. The molecule has 0 aliphatic heterocycles. The highest BCUT2D eigenvalue weighted by atomic mass is 16.1. The first-order valence-corrected chi connectivity index (χ1v) is 6.66. The van der Waals surface area contributed by atoms with Crippen LogP contribution in [0.4, 0.5) is 5.69 Å². The number of amides is 1. The molecule has 0 aromatic carbocycles. The quantitative estimate of drug-likeness (QED) is 0.722. The zero-order chi connectivity index (χ0) is 14.3. The molecule has 3 N–H and O–H groups in total. The van der Waals surface area contributed by atoms with Crippen molar-refractivity contribution >= 4 is 11.6 Å². The van der Waals surface area contributed by atoms with Crippen LogP contribution in [-0.2, 0) is 11.2 Å². The summed E-state index contributed by atoms with van der Waals surface area (Å²) >= 11 is 0. The molecule has 1 aromatic rings. The van der Waals surface area contributed by atoms with E-state index in [0.717, 1.165) is 18.7 Å². The number of hydrogen-bond acceptors (Lipinski definition) is 4. The zero-order valence-electron chi connectivity index (χ0n) is 12.0. The number of nitrogens with one attached hydrogen (secondary N) is 1. The Kier molecular flexibility index (Phi) is 6.29. The van der Waals surface area contributed by atoms with Crippen molar-refractivity contribution in [3.63, 3.8) is 0 Å². The van der Waals surface area contributed by atoms with Crippen LogP contribution in [-0.4, -0.2) is 42.0 Å². The number of carbonyl (C=O) groups excluding carboxylic acids is 1. The highest BCUT2D eigenvalue weighted by Gasteiger charge is 2.05. The molecule has 0 saturated heterocycles. The van der Waals surface area contributed by atoms with Gasteiger partial charge >= 0.3 is 0 Å². The molecule has 0 fully saturated rings. The Bertz CT molecular complexity index is 389. The summed E-state index contributed by atoms with van der Waals surface area (Å²) in [6.07, 6.45) is 2.83.